The molecule has 1 N–H and O–H groups in total. The Hall–Kier alpha value is -1.07. The van der Waals surface area contributed by atoms with E-state index in [0.717, 1.165) is 11.1 Å². The third kappa shape index (κ3) is 2.61. The Kier molecular flexibility index (Phi) is 4.54. The number of ether oxygens (including phenoxy) is 2. The molecule has 4 nitrogen and oxygen atoms in total. The summed E-state index contributed by atoms with van der Waals surface area (Å²) >= 11 is 3.36. The SMILES string of the molecule is COC(=O)C(O)c1c(Br)c(C)cc(C)c1OC. The van der Waals surface area contributed by atoms with E-state index in [1.165, 1.54) is 14.2 Å². The van der Waals surface area contributed by atoms with Crippen molar-refractivity contribution in [3.8, 4) is 5.75 Å². The number of benzene rings is 1. The number of rotatable bonds is 3. The van der Waals surface area contributed by atoms with Crippen molar-refractivity contribution in [2.24, 2.45) is 0 Å². The quantitative estimate of drug-likeness (QED) is 0.870. The standard InChI is InChI=1S/C12H15BrO4/c1-6-5-7(2)11(16-3)8(9(6)13)10(14)12(15)17-4/h5,10,14H,1-4H3. The third-order valence-corrected chi connectivity index (χ3v) is 3.57. The average molecular weight is 303 g/mol. The van der Waals surface area contributed by atoms with Gasteiger partial charge in [0.2, 0.25) is 0 Å². The summed E-state index contributed by atoms with van der Waals surface area (Å²) in [5.74, 6) is -0.227. The van der Waals surface area contributed by atoms with Crippen LogP contribution in [0.25, 0.3) is 0 Å². The van der Waals surface area contributed by atoms with Crippen molar-refractivity contribution in [1.82, 2.24) is 0 Å². The van der Waals surface area contributed by atoms with Crippen molar-refractivity contribution in [1.29, 1.82) is 0 Å². The van der Waals surface area contributed by atoms with Crippen molar-refractivity contribution in [3.63, 3.8) is 0 Å². The molecule has 0 aliphatic rings. The van der Waals surface area contributed by atoms with Crippen molar-refractivity contribution in [2.75, 3.05) is 14.2 Å². The van der Waals surface area contributed by atoms with Gasteiger partial charge in [-0.3, -0.25) is 0 Å². The highest BCUT2D eigenvalue weighted by Crippen LogP contribution is 2.37. The van der Waals surface area contributed by atoms with Gasteiger partial charge in [-0.05, 0) is 40.9 Å². The molecule has 0 aromatic heterocycles. The molecular weight excluding hydrogens is 288 g/mol. The molecule has 0 radical (unpaired) electrons. The Labute approximate surface area is 109 Å². The van der Waals surface area contributed by atoms with Crippen LogP contribution in [0.2, 0.25) is 0 Å². The maximum atomic E-state index is 11.4. The summed E-state index contributed by atoms with van der Waals surface area (Å²) in [6.07, 6.45) is -1.36. The van der Waals surface area contributed by atoms with E-state index >= 15 is 0 Å². The van der Waals surface area contributed by atoms with Crippen LogP contribution in [0.4, 0.5) is 0 Å². The molecule has 94 valence electrons. The van der Waals surface area contributed by atoms with Crippen molar-refractivity contribution in [3.05, 3.63) is 27.2 Å². The zero-order valence-electron chi connectivity index (χ0n) is 10.2. The number of hydrogen-bond donors (Lipinski definition) is 1. The molecule has 0 saturated heterocycles. The van der Waals surface area contributed by atoms with Crippen LogP contribution in [0.3, 0.4) is 0 Å². The Morgan fingerprint density at radius 2 is 1.94 bits per heavy atom. The first-order valence-corrected chi connectivity index (χ1v) is 5.82. The lowest BCUT2D eigenvalue weighted by Gasteiger charge is -2.18. The van der Waals surface area contributed by atoms with Crippen molar-refractivity contribution >= 4 is 21.9 Å². The number of aliphatic hydroxyl groups excluding tert-OH is 1. The van der Waals surface area contributed by atoms with Crippen molar-refractivity contribution in [2.45, 2.75) is 20.0 Å². The number of carbonyl (C=O) groups excluding carboxylic acids is 1. The van der Waals surface area contributed by atoms with E-state index in [9.17, 15) is 9.90 Å². The number of esters is 1. The predicted octanol–water partition coefficient (Wildman–Crippen LogP) is 2.28. The third-order valence-electron chi connectivity index (χ3n) is 2.52. The zero-order chi connectivity index (χ0) is 13.2. The van der Waals surface area contributed by atoms with Gasteiger partial charge < -0.3 is 14.6 Å². The maximum Gasteiger partial charge on any atom is 0.339 e. The van der Waals surface area contributed by atoms with Gasteiger partial charge in [0, 0.05) is 10.0 Å². The zero-order valence-corrected chi connectivity index (χ0v) is 11.8. The summed E-state index contributed by atoms with van der Waals surface area (Å²) in [7, 11) is 2.73. The molecule has 1 unspecified atom stereocenters. The number of halogens is 1. The van der Waals surface area contributed by atoms with Crippen molar-refractivity contribution < 1.29 is 19.4 Å². The van der Waals surface area contributed by atoms with Crippen LogP contribution in [0.15, 0.2) is 10.5 Å². The summed E-state index contributed by atoms with van der Waals surface area (Å²) in [5, 5.41) is 9.95. The number of aliphatic hydroxyl groups is 1. The summed E-state index contributed by atoms with van der Waals surface area (Å²) in [6, 6.07) is 1.91. The fraction of sp³-hybridized carbons (Fsp3) is 0.417. The number of aryl methyl sites for hydroxylation is 2. The van der Waals surface area contributed by atoms with E-state index in [1.807, 2.05) is 19.9 Å². The fourth-order valence-electron chi connectivity index (χ4n) is 1.72. The molecule has 0 aliphatic carbocycles. The van der Waals surface area contributed by atoms with E-state index < -0.39 is 12.1 Å². The highest BCUT2D eigenvalue weighted by molar-refractivity contribution is 9.10. The van der Waals surface area contributed by atoms with Gasteiger partial charge in [-0.2, -0.15) is 0 Å². The highest BCUT2D eigenvalue weighted by Gasteiger charge is 2.26. The molecule has 1 atom stereocenters. The molecule has 0 aliphatic heterocycles. The number of hydrogen-bond acceptors (Lipinski definition) is 4. The lowest BCUT2D eigenvalue weighted by molar-refractivity contribution is -0.150. The minimum absolute atomic E-state index is 0.400. The molecule has 0 saturated carbocycles. The predicted molar refractivity (Wildman–Crippen MR) is 67.1 cm³/mol. The lowest BCUT2D eigenvalue weighted by Crippen LogP contribution is -2.16. The minimum atomic E-state index is -1.36. The number of carbonyl (C=O) groups is 1. The van der Waals surface area contributed by atoms with Crippen LogP contribution in [-0.2, 0) is 9.53 Å². The molecule has 0 fully saturated rings. The Balaban J connectivity index is 3.44. The molecule has 1 rings (SSSR count). The van der Waals surface area contributed by atoms with Gasteiger partial charge in [-0.25, -0.2) is 4.79 Å². The molecule has 0 bridgehead atoms. The molecular formula is C12H15BrO4. The first kappa shape index (κ1) is 14.0. The second-order valence-corrected chi connectivity index (χ2v) is 4.49. The second-order valence-electron chi connectivity index (χ2n) is 3.70. The Morgan fingerprint density at radius 1 is 1.35 bits per heavy atom. The first-order valence-electron chi connectivity index (χ1n) is 5.03. The average Bonchev–Trinajstić information content (AvgIpc) is 2.31. The largest absolute Gasteiger partial charge is 0.496 e. The first-order chi connectivity index (χ1) is 7.93. The Morgan fingerprint density at radius 3 is 2.41 bits per heavy atom. The monoisotopic (exact) mass is 302 g/mol. The summed E-state index contributed by atoms with van der Waals surface area (Å²) in [4.78, 5) is 11.4. The molecule has 5 heteroatoms. The van der Waals surface area contributed by atoms with Gasteiger partial charge in [0.15, 0.2) is 6.10 Å². The minimum Gasteiger partial charge on any atom is -0.496 e. The van der Waals surface area contributed by atoms with E-state index in [2.05, 4.69) is 20.7 Å². The van der Waals surface area contributed by atoms with Gasteiger partial charge in [0.05, 0.1) is 14.2 Å². The summed E-state index contributed by atoms with van der Waals surface area (Å²) in [6.45, 7) is 3.73. The van der Waals surface area contributed by atoms with E-state index in [1.54, 1.807) is 0 Å². The maximum absolute atomic E-state index is 11.4. The summed E-state index contributed by atoms with van der Waals surface area (Å²) in [5.41, 5.74) is 2.17. The Bertz CT molecular complexity index is 443. The second kappa shape index (κ2) is 5.51. The van der Waals surface area contributed by atoms with Crippen LogP contribution in [0.1, 0.15) is 22.8 Å². The van der Waals surface area contributed by atoms with Gasteiger partial charge in [-0.15, -0.1) is 0 Å². The van der Waals surface area contributed by atoms with E-state index in [0.29, 0.717) is 15.8 Å². The van der Waals surface area contributed by atoms with E-state index in [4.69, 9.17) is 4.74 Å². The normalized spacial score (nSPS) is 12.1. The fourth-order valence-corrected chi connectivity index (χ4v) is 2.23. The molecule has 0 spiro atoms. The topological polar surface area (TPSA) is 55.8 Å². The molecule has 0 heterocycles. The molecule has 1 aromatic carbocycles. The van der Waals surface area contributed by atoms with Gasteiger partial charge >= 0.3 is 5.97 Å². The van der Waals surface area contributed by atoms with Gasteiger partial charge in [0.25, 0.3) is 0 Å². The van der Waals surface area contributed by atoms with E-state index in [-0.39, 0.29) is 0 Å². The van der Waals surface area contributed by atoms with Crippen LogP contribution >= 0.6 is 15.9 Å². The van der Waals surface area contributed by atoms with Gasteiger partial charge in [-0.1, -0.05) is 6.07 Å². The van der Waals surface area contributed by atoms with Crippen LogP contribution < -0.4 is 4.74 Å². The molecule has 1 aromatic rings. The summed E-state index contributed by atoms with van der Waals surface area (Å²) < 4.78 is 10.4. The smallest absolute Gasteiger partial charge is 0.339 e. The highest BCUT2D eigenvalue weighted by atomic mass is 79.9. The van der Waals surface area contributed by atoms with Gasteiger partial charge in [0.1, 0.15) is 5.75 Å². The lowest BCUT2D eigenvalue weighted by atomic mass is 10.0. The van der Waals surface area contributed by atoms with Crippen LogP contribution in [0, 0.1) is 13.8 Å². The molecule has 0 amide bonds. The van der Waals surface area contributed by atoms with Crippen LogP contribution in [-0.4, -0.2) is 25.3 Å². The molecule has 17 heavy (non-hydrogen) atoms. The van der Waals surface area contributed by atoms with Crippen LogP contribution in [0.5, 0.6) is 5.75 Å². The number of methoxy groups -OCH3 is 2.